The fraction of sp³-hybridized carbons (Fsp3) is 0.292. The Labute approximate surface area is 197 Å². The molecule has 0 atom stereocenters. The SMILES string of the molecule is CCCn1cc(CN=C(NC(=O)c2cccc(Cl)c2)Nc2ccc3c(c2)OCCO3)c(C)n1. The highest BCUT2D eigenvalue weighted by Crippen LogP contribution is 2.32. The molecule has 1 amide bonds. The highest BCUT2D eigenvalue weighted by atomic mass is 35.5. The number of benzene rings is 2. The number of aryl methyl sites for hydroxylation is 2. The number of halogens is 1. The Bertz CT molecular complexity index is 1170. The first kappa shape index (κ1) is 22.7. The number of hydrogen-bond donors (Lipinski definition) is 2. The average Bonchev–Trinajstić information content (AvgIpc) is 3.16. The zero-order valence-electron chi connectivity index (χ0n) is 18.6. The van der Waals surface area contributed by atoms with E-state index in [1.54, 1.807) is 24.3 Å². The van der Waals surface area contributed by atoms with Crippen LogP contribution in [-0.4, -0.2) is 34.9 Å². The predicted molar refractivity (Wildman–Crippen MR) is 128 cm³/mol. The number of hydrogen-bond acceptors (Lipinski definition) is 5. The van der Waals surface area contributed by atoms with Crippen LogP contribution in [0.25, 0.3) is 0 Å². The van der Waals surface area contributed by atoms with Gasteiger partial charge in [0.2, 0.25) is 5.96 Å². The van der Waals surface area contributed by atoms with Crippen molar-refractivity contribution in [1.29, 1.82) is 0 Å². The van der Waals surface area contributed by atoms with Crippen LogP contribution in [0.1, 0.15) is 35.0 Å². The van der Waals surface area contributed by atoms with Gasteiger partial charge in [0.25, 0.3) is 5.91 Å². The van der Waals surface area contributed by atoms with E-state index in [1.165, 1.54) is 0 Å². The van der Waals surface area contributed by atoms with E-state index in [1.807, 2.05) is 36.0 Å². The highest BCUT2D eigenvalue weighted by molar-refractivity contribution is 6.31. The van der Waals surface area contributed by atoms with Gasteiger partial charge in [0, 0.05) is 40.6 Å². The Morgan fingerprint density at radius 1 is 1.18 bits per heavy atom. The van der Waals surface area contributed by atoms with Crippen LogP contribution in [0.2, 0.25) is 5.02 Å². The summed E-state index contributed by atoms with van der Waals surface area (Å²) in [5.74, 6) is 1.31. The maximum atomic E-state index is 12.8. The van der Waals surface area contributed by atoms with E-state index < -0.39 is 0 Å². The third kappa shape index (κ3) is 5.84. The van der Waals surface area contributed by atoms with Gasteiger partial charge in [-0.2, -0.15) is 5.10 Å². The number of fused-ring (bicyclic) bond motifs is 1. The average molecular weight is 468 g/mol. The van der Waals surface area contributed by atoms with Gasteiger partial charge in [-0.1, -0.05) is 24.6 Å². The monoisotopic (exact) mass is 467 g/mol. The van der Waals surface area contributed by atoms with Crippen molar-refractivity contribution >= 4 is 29.2 Å². The minimum Gasteiger partial charge on any atom is -0.486 e. The molecular weight excluding hydrogens is 442 g/mol. The number of carbonyl (C=O) groups is 1. The molecule has 2 heterocycles. The zero-order chi connectivity index (χ0) is 23.2. The molecule has 0 bridgehead atoms. The van der Waals surface area contributed by atoms with E-state index in [-0.39, 0.29) is 5.91 Å². The number of nitrogens with zero attached hydrogens (tertiary/aromatic N) is 3. The highest BCUT2D eigenvalue weighted by Gasteiger charge is 2.15. The lowest BCUT2D eigenvalue weighted by Gasteiger charge is -2.19. The Balaban J connectivity index is 1.57. The molecule has 0 saturated carbocycles. The molecule has 0 radical (unpaired) electrons. The van der Waals surface area contributed by atoms with Gasteiger partial charge in [0.1, 0.15) is 13.2 Å². The Hall–Kier alpha value is -3.52. The standard InChI is InChI=1S/C24H26ClN5O3/c1-3-9-30-15-18(16(2)29-30)14-26-24(28-23(31)17-5-4-6-19(25)12-17)27-20-7-8-21-22(13-20)33-11-10-32-21/h4-8,12-13,15H,3,9-11,14H2,1-2H3,(H2,26,27,28,31). The number of rotatable bonds is 6. The molecule has 3 aromatic rings. The van der Waals surface area contributed by atoms with Gasteiger partial charge < -0.3 is 14.8 Å². The first-order valence-corrected chi connectivity index (χ1v) is 11.2. The Kier molecular flexibility index (Phi) is 7.14. The summed E-state index contributed by atoms with van der Waals surface area (Å²) in [7, 11) is 0. The second kappa shape index (κ2) is 10.4. The van der Waals surface area contributed by atoms with E-state index in [9.17, 15) is 4.79 Å². The maximum Gasteiger partial charge on any atom is 0.258 e. The van der Waals surface area contributed by atoms with Crippen LogP contribution in [0.15, 0.2) is 53.7 Å². The summed E-state index contributed by atoms with van der Waals surface area (Å²) in [4.78, 5) is 17.5. The molecule has 0 aliphatic carbocycles. The van der Waals surface area contributed by atoms with Crippen LogP contribution in [-0.2, 0) is 13.1 Å². The molecule has 2 N–H and O–H groups in total. The van der Waals surface area contributed by atoms with Gasteiger partial charge in [0.05, 0.1) is 12.2 Å². The molecule has 0 saturated heterocycles. The zero-order valence-corrected chi connectivity index (χ0v) is 19.4. The van der Waals surface area contributed by atoms with Gasteiger partial charge in [0.15, 0.2) is 11.5 Å². The quantitative estimate of drug-likeness (QED) is 0.413. The van der Waals surface area contributed by atoms with E-state index in [0.717, 1.165) is 24.2 Å². The molecular formula is C24H26ClN5O3. The lowest BCUT2D eigenvalue weighted by molar-refractivity contribution is 0.0977. The molecule has 1 aliphatic heterocycles. The topological polar surface area (TPSA) is 89.8 Å². The van der Waals surface area contributed by atoms with Crippen LogP contribution in [0.4, 0.5) is 5.69 Å². The summed E-state index contributed by atoms with van der Waals surface area (Å²) >= 11 is 6.05. The van der Waals surface area contributed by atoms with Crippen LogP contribution in [0.3, 0.4) is 0 Å². The minimum atomic E-state index is -0.320. The number of aliphatic imine (C=N–C) groups is 1. The number of aromatic nitrogens is 2. The van der Waals surface area contributed by atoms with Crippen molar-refractivity contribution in [3.05, 3.63) is 70.5 Å². The van der Waals surface area contributed by atoms with Crippen LogP contribution >= 0.6 is 11.6 Å². The molecule has 8 nitrogen and oxygen atoms in total. The fourth-order valence-corrected chi connectivity index (χ4v) is 3.59. The number of guanidine groups is 1. The largest absolute Gasteiger partial charge is 0.486 e. The maximum absolute atomic E-state index is 12.8. The van der Waals surface area contributed by atoms with Crippen LogP contribution in [0.5, 0.6) is 11.5 Å². The number of carbonyl (C=O) groups excluding carboxylic acids is 1. The molecule has 172 valence electrons. The molecule has 1 aromatic heterocycles. The summed E-state index contributed by atoms with van der Waals surface area (Å²) in [5.41, 5.74) is 3.04. The summed E-state index contributed by atoms with van der Waals surface area (Å²) in [5, 5.41) is 11.1. The third-order valence-corrected chi connectivity index (χ3v) is 5.27. The lowest BCUT2D eigenvalue weighted by Crippen LogP contribution is -2.36. The number of ether oxygens (including phenoxy) is 2. The number of anilines is 1. The second-order valence-electron chi connectivity index (χ2n) is 7.62. The van der Waals surface area contributed by atoms with Crippen molar-refractivity contribution in [1.82, 2.24) is 15.1 Å². The molecule has 1 aliphatic rings. The first-order chi connectivity index (χ1) is 16.0. The summed E-state index contributed by atoms with van der Waals surface area (Å²) < 4.78 is 13.2. The van der Waals surface area contributed by atoms with E-state index >= 15 is 0 Å². The molecule has 0 spiro atoms. The van der Waals surface area contributed by atoms with Crippen molar-refractivity contribution in [2.75, 3.05) is 18.5 Å². The fourth-order valence-electron chi connectivity index (χ4n) is 3.40. The minimum absolute atomic E-state index is 0.305. The lowest BCUT2D eigenvalue weighted by atomic mass is 10.2. The van der Waals surface area contributed by atoms with Crippen molar-refractivity contribution in [2.24, 2.45) is 4.99 Å². The van der Waals surface area contributed by atoms with Gasteiger partial charge in [-0.25, -0.2) is 4.99 Å². The van der Waals surface area contributed by atoms with Gasteiger partial charge in [-0.15, -0.1) is 0 Å². The summed E-state index contributed by atoms with van der Waals surface area (Å²) in [6.45, 7) is 6.28. The molecule has 33 heavy (non-hydrogen) atoms. The Morgan fingerprint density at radius 2 is 2.00 bits per heavy atom. The predicted octanol–water partition coefficient (Wildman–Crippen LogP) is 4.42. The second-order valence-corrected chi connectivity index (χ2v) is 8.05. The summed E-state index contributed by atoms with van der Waals surface area (Å²) in [6, 6.07) is 12.2. The van der Waals surface area contributed by atoms with E-state index in [0.29, 0.717) is 53.5 Å². The molecule has 2 aromatic carbocycles. The van der Waals surface area contributed by atoms with Gasteiger partial charge >= 0.3 is 0 Å². The normalized spacial score (nSPS) is 13.0. The van der Waals surface area contributed by atoms with Crippen molar-refractivity contribution in [3.63, 3.8) is 0 Å². The summed E-state index contributed by atoms with van der Waals surface area (Å²) in [6.07, 6.45) is 2.99. The number of nitrogens with one attached hydrogen (secondary N) is 2. The van der Waals surface area contributed by atoms with Gasteiger partial charge in [-0.3, -0.25) is 14.8 Å². The molecule has 0 unspecified atom stereocenters. The Morgan fingerprint density at radius 3 is 2.79 bits per heavy atom. The van der Waals surface area contributed by atoms with E-state index in [2.05, 4.69) is 27.6 Å². The smallest absolute Gasteiger partial charge is 0.258 e. The molecule has 9 heteroatoms. The van der Waals surface area contributed by atoms with Crippen molar-refractivity contribution < 1.29 is 14.3 Å². The van der Waals surface area contributed by atoms with Crippen LogP contribution in [0, 0.1) is 6.92 Å². The molecule has 0 fully saturated rings. The molecule has 4 rings (SSSR count). The van der Waals surface area contributed by atoms with E-state index in [4.69, 9.17) is 21.1 Å². The first-order valence-electron chi connectivity index (χ1n) is 10.8. The third-order valence-electron chi connectivity index (χ3n) is 5.03. The van der Waals surface area contributed by atoms with Crippen molar-refractivity contribution in [3.8, 4) is 11.5 Å². The van der Waals surface area contributed by atoms with Gasteiger partial charge in [-0.05, 0) is 43.7 Å². The van der Waals surface area contributed by atoms with Crippen molar-refractivity contribution in [2.45, 2.75) is 33.4 Å². The van der Waals surface area contributed by atoms with Crippen LogP contribution < -0.4 is 20.1 Å². The number of amides is 1.